The number of rotatable bonds is 5. The van der Waals surface area contributed by atoms with Gasteiger partial charge >= 0.3 is 5.97 Å². The minimum atomic E-state index is -0.274. The van der Waals surface area contributed by atoms with Crippen LogP contribution in [0.4, 0.5) is 5.69 Å². The molecule has 0 aromatic heterocycles. The first-order valence-electron chi connectivity index (χ1n) is 13.2. The first kappa shape index (κ1) is 23.2. The van der Waals surface area contributed by atoms with Crippen LogP contribution in [0, 0.1) is 5.92 Å². The average molecular weight is 485 g/mol. The van der Waals surface area contributed by atoms with Crippen LogP contribution in [0.5, 0.6) is 5.75 Å². The van der Waals surface area contributed by atoms with E-state index in [0.29, 0.717) is 23.4 Å². The second-order valence-electron chi connectivity index (χ2n) is 10.7. The van der Waals surface area contributed by atoms with E-state index in [4.69, 9.17) is 4.74 Å². The van der Waals surface area contributed by atoms with Crippen molar-refractivity contribution in [3.8, 4) is 5.75 Å². The Kier molecular flexibility index (Phi) is 5.79. The summed E-state index contributed by atoms with van der Waals surface area (Å²) < 4.78 is 5.47. The van der Waals surface area contributed by atoms with Gasteiger partial charge < -0.3 is 4.74 Å². The summed E-state index contributed by atoms with van der Waals surface area (Å²) in [5, 5.41) is 0. The normalized spacial score (nSPS) is 27.1. The summed E-state index contributed by atoms with van der Waals surface area (Å²) in [6, 6.07) is 14.5. The summed E-state index contributed by atoms with van der Waals surface area (Å²) in [4.78, 5) is 40.2. The molecule has 0 unspecified atom stereocenters. The number of nitrogens with zero attached hydrogens (tertiary/aromatic N) is 2. The lowest BCUT2D eigenvalue weighted by molar-refractivity contribution is -0.132. The first-order valence-corrected chi connectivity index (χ1v) is 13.2. The zero-order valence-corrected chi connectivity index (χ0v) is 20.7. The standard InChI is InChI=1S/C30H32N2O4/c1-20(33)36-23-10-9-22-18-27-24-7-4-5-14-30(24,25(22)19-23)15-17-31(27)16-13-21-6-2-3-8-26(21)32-28(34)11-12-29(32)35/h2-3,6,8-12,19,24,27H,4-5,7,13-18H2,1H3/t24-,27+,30+/m0/s1. The minimum absolute atomic E-state index is 0.168. The number of benzene rings is 2. The van der Waals surface area contributed by atoms with Gasteiger partial charge in [-0.15, -0.1) is 0 Å². The van der Waals surface area contributed by atoms with E-state index >= 15 is 0 Å². The highest BCUT2D eigenvalue weighted by molar-refractivity contribution is 6.28. The van der Waals surface area contributed by atoms with E-state index in [-0.39, 0.29) is 23.2 Å². The van der Waals surface area contributed by atoms with Crippen LogP contribution in [0.15, 0.2) is 54.6 Å². The summed E-state index contributed by atoms with van der Waals surface area (Å²) in [7, 11) is 0. The summed E-state index contributed by atoms with van der Waals surface area (Å²) in [6.07, 6.45) is 10.6. The number of hydrogen-bond donors (Lipinski definition) is 0. The number of para-hydroxylation sites is 1. The van der Waals surface area contributed by atoms with E-state index in [1.165, 1.54) is 60.8 Å². The van der Waals surface area contributed by atoms with Crippen molar-refractivity contribution in [3.63, 3.8) is 0 Å². The van der Waals surface area contributed by atoms with Crippen molar-refractivity contribution in [2.75, 3.05) is 18.0 Å². The maximum absolute atomic E-state index is 12.3. The molecule has 6 heteroatoms. The molecule has 3 atom stereocenters. The van der Waals surface area contributed by atoms with Gasteiger partial charge in [0.1, 0.15) is 5.75 Å². The van der Waals surface area contributed by atoms with Gasteiger partial charge in [0.05, 0.1) is 5.69 Å². The molecule has 186 valence electrons. The van der Waals surface area contributed by atoms with Crippen LogP contribution in [0.1, 0.15) is 55.7 Å². The van der Waals surface area contributed by atoms with E-state index < -0.39 is 0 Å². The molecule has 2 aliphatic heterocycles. The Balaban J connectivity index is 1.26. The van der Waals surface area contributed by atoms with E-state index in [1.54, 1.807) is 0 Å². The number of carbonyl (C=O) groups excluding carboxylic acids is 3. The van der Waals surface area contributed by atoms with Gasteiger partial charge in [0.2, 0.25) is 0 Å². The van der Waals surface area contributed by atoms with Crippen LogP contribution in [0.2, 0.25) is 0 Å². The number of esters is 1. The highest BCUT2D eigenvalue weighted by Gasteiger charge is 2.53. The fourth-order valence-electron chi connectivity index (χ4n) is 7.41. The molecule has 6 nitrogen and oxygen atoms in total. The topological polar surface area (TPSA) is 66.9 Å². The first-order chi connectivity index (χ1) is 17.5. The van der Waals surface area contributed by atoms with Crippen LogP contribution < -0.4 is 9.64 Å². The Hall–Kier alpha value is -3.25. The van der Waals surface area contributed by atoms with Crippen LogP contribution in [-0.2, 0) is 32.6 Å². The molecule has 6 rings (SSSR count). The molecule has 2 aromatic rings. The zero-order chi connectivity index (χ0) is 24.9. The molecular weight excluding hydrogens is 452 g/mol. The van der Waals surface area contributed by atoms with Gasteiger partial charge in [-0.05, 0) is 79.5 Å². The smallest absolute Gasteiger partial charge is 0.308 e. The van der Waals surface area contributed by atoms with Gasteiger partial charge in [-0.1, -0.05) is 37.1 Å². The second kappa shape index (κ2) is 9.00. The Labute approximate surface area is 211 Å². The Morgan fingerprint density at radius 1 is 1.06 bits per heavy atom. The zero-order valence-electron chi connectivity index (χ0n) is 20.7. The summed E-state index contributed by atoms with van der Waals surface area (Å²) in [5.41, 5.74) is 4.70. The molecule has 2 aromatic carbocycles. The van der Waals surface area contributed by atoms with E-state index in [9.17, 15) is 14.4 Å². The van der Waals surface area contributed by atoms with Crippen molar-refractivity contribution in [3.05, 3.63) is 71.3 Å². The molecular formula is C30H32N2O4. The van der Waals surface area contributed by atoms with Crippen molar-refractivity contribution in [1.82, 2.24) is 4.90 Å². The largest absolute Gasteiger partial charge is 0.427 e. The van der Waals surface area contributed by atoms with Crippen LogP contribution in [-0.4, -0.2) is 41.8 Å². The van der Waals surface area contributed by atoms with Crippen molar-refractivity contribution < 1.29 is 19.1 Å². The lowest BCUT2D eigenvalue weighted by Crippen LogP contribution is -2.61. The molecule has 0 spiro atoms. The highest BCUT2D eigenvalue weighted by Crippen LogP contribution is 2.56. The van der Waals surface area contributed by atoms with Gasteiger partial charge in [0.25, 0.3) is 11.8 Å². The van der Waals surface area contributed by atoms with Crippen LogP contribution in [0.25, 0.3) is 0 Å². The predicted octanol–water partition coefficient (Wildman–Crippen LogP) is 4.34. The molecule has 1 saturated heterocycles. The van der Waals surface area contributed by atoms with Gasteiger partial charge in [-0.3, -0.25) is 19.3 Å². The number of fused-ring (bicyclic) bond motifs is 1. The third kappa shape index (κ3) is 3.79. The van der Waals surface area contributed by atoms with Crippen molar-refractivity contribution >= 4 is 23.5 Å². The van der Waals surface area contributed by atoms with Crippen molar-refractivity contribution in [2.24, 2.45) is 5.92 Å². The number of amides is 2. The average Bonchev–Trinajstić information content (AvgIpc) is 3.21. The number of hydrogen-bond acceptors (Lipinski definition) is 5. The molecule has 0 radical (unpaired) electrons. The summed E-state index contributed by atoms with van der Waals surface area (Å²) in [5.74, 6) is 0.451. The van der Waals surface area contributed by atoms with Crippen LogP contribution in [0.3, 0.4) is 0 Å². The van der Waals surface area contributed by atoms with Gasteiger partial charge in [-0.2, -0.15) is 0 Å². The molecule has 2 fully saturated rings. The quantitative estimate of drug-likeness (QED) is 0.359. The second-order valence-corrected chi connectivity index (χ2v) is 10.7. The van der Waals surface area contributed by atoms with Crippen molar-refractivity contribution in [2.45, 2.75) is 63.3 Å². The molecule has 2 heterocycles. The van der Waals surface area contributed by atoms with E-state index in [0.717, 1.165) is 37.9 Å². The monoisotopic (exact) mass is 484 g/mol. The fraction of sp³-hybridized carbons (Fsp3) is 0.433. The predicted molar refractivity (Wildman–Crippen MR) is 137 cm³/mol. The van der Waals surface area contributed by atoms with Crippen molar-refractivity contribution in [1.29, 1.82) is 0 Å². The third-order valence-electron chi connectivity index (χ3n) is 8.89. The summed E-state index contributed by atoms with van der Waals surface area (Å²) >= 11 is 0. The molecule has 2 bridgehead atoms. The SMILES string of the molecule is CC(=O)Oc1ccc2c(c1)[C@@]13CCCC[C@H]1[C@@H](C2)N(CCc1ccccc1N1C(=O)C=CC1=O)CC3. The maximum atomic E-state index is 12.3. The number of piperidine rings is 1. The third-order valence-corrected chi connectivity index (χ3v) is 8.89. The number of ether oxygens (including phenoxy) is 1. The van der Waals surface area contributed by atoms with Gasteiger partial charge in [0.15, 0.2) is 0 Å². The van der Waals surface area contributed by atoms with E-state index in [2.05, 4.69) is 17.0 Å². The van der Waals surface area contributed by atoms with Crippen LogP contribution >= 0.6 is 0 Å². The number of carbonyl (C=O) groups is 3. The molecule has 1 saturated carbocycles. The Morgan fingerprint density at radius 2 is 1.86 bits per heavy atom. The molecule has 4 aliphatic rings. The van der Waals surface area contributed by atoms with Gasteiger partial charge in [-0.25, -0.2) is 4.90 Å². The van der Waals surface area contributed by atoms with E-state index in [1.807, 2.05) is 30.3 Å². The maximum Gasteiger partial charge on any atom is 0.308 e. The lowest BCUT2D eigenvalue weighted by atomic mass is 9.52. The number of imide groups is 1. The molecule has 2 aliphatic carbocycles. The highest BCUT2D eigenvalue weighted by atomic mass is 16.5. The minimum Gasteiger partial charge on any atom is -0.427 e. The Morgan fingerprint density at radius 3 is 2.67 bits per heavy atom. The van der Waals surface area contributed by atoms with Gasteiger partial charge in [0, 0.05) is 37.1 Å². The molecule has 2 amide bonds. The lowest BCUT2D eigenvalue weighted by Gasteiger charge is -2.59. The molecule has 0 N–H and O–H groups in total. The fourth-order valence-corrected chi connectivity index (χ4v) is 7.41. The Bertz CT molecular complexity index is 1250. The molecule has 36 heavy (non-hydrogen) atoms. The number of likely N-dealkylation sites (tertiary alicyclic amines) is 1. The number of anilines is 1. The summed E-state index contributed by atoms with van der Waals surface area (Å²) in [6.45, 7) is 3.39.